The number of hydrogen-bond acceptors (Lipinski definition) is 6. The number of anilines is 2. The largest absolute Gasteiger partial charge is 0.353 e. The van der Waals surface area contributed by atoms with E-state index in [4.69, 9.17) is 0 Å². The maximum absolute atomic E-state index is 12.8. The lowest BCUT2D eigenvalue weighted by Crippen LogP contribution is -2.48. The summed E-state index contributed by atoms with van der Waals surface area (Å²) in [6.45, 7) is 3.56. The van der Waals surface area contributed by atoms with Gasteiger partial charge in [-0.25, -0.2) is 14.6 Å². The van der Waals surface area contributed by atoms with E-state index in [1.54, 1.807) is 35.4 Å². The molecule has 1 aliphatic rings. The summed E-state index contributed by atoms with van der Waals surface area (Å²) >= 11 is 0. The minimum Gasteiger partial charge on any atom is -0.353 e. The molecule has 0 atom stereocenters. The summed E-state index contributed by atoms with van der Waals surface area (Å²) in [5.74, 6) is 1.10. The fourth-order valence-corrected chi connectivity index (χ4v) is 3.26. The van der Waals surface area contributed by atoms with E-state index in [1.165, 1.54) is 0 Å². The van der Waals surface area contributed by atoms with Crippen LogP contribution in [0.5, 0.6) is 0 Å². The van der Waals surface area contributed by atoms with Crippen molar-refractivity contribution in [2.24, 2.45) is 0 Å². The summed E-state index contributed by atoms with van der Waals surface area (Å²) < 4.78 is 1.68. The van der Waals surface area contributed by atoms with Crippen LogP contribution in [0.3, 0.4) is 0 Å². The molecule has 0 bridgehead atoms. The second-order valence-corrected chi connectivity index (χ2v) is 6.59. The summed E-state index contributed by atoms with van der Waals surface area (Å²) in [7, 11) is 0. The van der Waals surface area contributed by atoms with Gasteiger partial charge in [-0.15, -0.1) is 0 Å². The standard InChI is InChI=1S/C20H21N7O2/c1-2-16-15(12-24-27(16)18-5-3-4-8-21-18)20(29)25-14-6-7-17(23-11-14)26-10-9-22-19(28)13-26/h3-8,11-12H,2,9-10,13H2,1H3,(H,22,28)(H,25,29). The van der Waals surface area contributed by atoms with Gasteiger partial charge >= 0.3 is 0 Å². The minimum atomic E-state index is -0.254. The second-order valence-electron chi connectivity index (χ2n) is 6.59. The van der Waals surface area contributed by atoms with Gasteiger partial charge in [-0.3, -0.25) is 9.59 Å². The third kappa shape index (κ3) is 3.93. The van der Waals surface area contributed by atoms with Crippen LogP contribution in [-0.2, 0) is 11.2 Å². The van der Waals surface area contributed by atoms with Crippen LogP contribution >= 0.6 is 0 Å². The number of carbonyl (C=O) groups excluding carboxylic acids is 2. The van der Waals surface area contributed by atoms with Crippen molar-refractivity contribution in [2.75, 3.05) is 29.9 Å². The van der Waals surface area contributed by atoms with Crippen molar-refractivity contribution in [3.05, 3.63) is 60.2 Å². The van der Waals surface area contributed by atoms with E-state index in [-0.39, 0.29) is 18.4 Å². The maximum Gasteiger partial charge on any atom is 0.259 e. The Kier molecular flexibility index (Phi) is 5.19. The van der Waals surface area contributed by atoms with Crippen LogP contribution in [0.2, 0.25) is 0 Å². The Bertz CT molecular complexity index is 1020. The molecule has 9 nitrogen and oxygen atoms in total. The van der Waals surface area contributed by atoms with Gasteiger partial charge in [0.1, 0.15) is 5.82 Å². The number of pyridine rings is 2. The summed E-state index contributed by atoms with van der Waals surface area (Å²) in [4.78, 5) is 34.9. The Morgan fingerprint density at radius 1 is 1.17 bits per heavy atom. The molecule has 0 aromatic carbocycles. The summed E-state index contributed by atoms with van der Waals surface area (Å²) in [5.41, 5.74) is 1.85. The van der Waals surface area contributed by atoms with E-state index in [9.17, 15) is 9.59 Å². The summed E-state index contributed by atoms with van der Waals surface area (Å²) in [6, 6.07) is 9.13. The topological polar surface area (TPSA) is 105 Å². The zero-order chi connectivity index (χ0) is 20.2. The SMILES string of the molecule is CCc1c(C(=O)Nc2ccc(N3CCNC(=O)C3)nc2)cnn1-c1ccccn1. The molecule has 0 spiro atoms. The normalized spacial score (nSPS) is 13.8. The van der Waals surface area contributed by atoms with Gasteiger partial charge in [0.25, 0.3) is 5.91 Å². The molecule has 2 amide bonds. The first kappa shape index (κ1) is 18.6. The van der Waals surface area contributed by atoms with Gasteiger partial charge < -0.3 is 15.5 Å². The van der Waals surface area contributed by atoms with Crippen LogP contribution < -0.4 is 15.5 Å². The molecule has 2 N–H and O–H groups in total. The number of piperazine rings is 1. The fraction of sp³-hybridized carbons (Fsp3) is 0.250. The quantitative estimate of drug-likeness (QED) is 0.681. The molecule has 4 heterocycles. The predicted molar refractivity (Wildman–Crippen MR) is 108 cm³/mol. The van der Waals surface area contributed by atoms with E-state index < -0.39 is 0 Å². The van der Waals surface area contributed by atoms with Gasteiger partial charge in [0, 0.05) is 19.3 Å². The van der Waals surface area contributed by atoms with Crippen molar-refractivity contribution < 1.29 is 9.59 Å². The third-order valence-corrected chi connectivity index (χ3v) is 4.68. The lowest BCUT2D eigenvalue weighted by Gasteiger charge is -2.27. The van der Waals surface area contributed by atoms with Crippen molar-refractivity contribution in [3.63, 3.8) is 0 Å². The molecule has 0 aliphatic carbocycles. The molecule has 29 heavy (non-hydrogen) atoms. The predicted octanol–water partition coefficient (Wildman–Crippen LogP) is 1.41. The molecule has 4 rings (SSSR count). The Morgan fingerprint density at radius 3 is 2.76 bits per heavy atom. The highest BCUT2D eigenvalue weighted by Gasteiger charge is 2.19. The van der Waals surface area contributed by atoms with Crippen LogP contribution in [0, 0.1) is 0 Å². The van der Waals surface area contributed by atoms with Crippen molar-refractivity contribution in [2.45, 2.75) is 13.3 Å². The van der Waals surface area contributed by atoms with Gasteiger partial charge in [0.05, 0.1) is 35.9 Å². The van der Waals surface area contributed by atoms with Crippen molar-refractivity contribution >= 4 is 23.3 Å². The molecular formula is C20H21N7O2. The highest BCUT2D eigenvalue weighted by molar-refractivity contribution is 6.05. The van der Waals surface area contributed by atoms with Crippen molar-refractivity contribution in [1.82, 2.24) is 25.1 Å². The molecule has 1 saturated heterocycles. The number of hydrogen-bond donors (Lipinski definition) is 2. The Balaban J connectivity index is 1.50. The first-order valence-corrected chi connectivity index (χ1v) is 9.43. The smallest absolute Gasteiger partial charge is 0.259 e. The van der Waals surface area contributed by atoms with Gasteiger partial charge in [-0.1, -0.05) is 13.0 Å². The molecule has 3 aromatic rings. The first-order chi connectivity index (χ1) is 14.2. The maximum atomic E-state index is 12.8. The van der Waals surface area contributed by atoms with Gasteiger partial charge in [-0.2, -0.15) is 5.10 Å². The van der Waals surface area contributed by atoms with E-state index in [0.29, 0.717) is 42.4 Å². The van der Waals surface area contributed by atoms with E-state index in [2.05, 4.69) is 25.7 Å². The van der Waals surface area contributed by atoms with Crippen LogP contribution in [-0.4, -0.2) is 51.2 Å². The number of nitrogens with zero attached hydrogens (tertiary/aromatic N) is 5. The fourth-order valence-electron chi connectivity index (χ4n) is 3.26. The molecule has 1 fully saturated rings. The summed E-state index contributed by atoms with van der Waals surface area (Å²) in [6.07, 6.45) is 5.47. The van der Waals surface area contributed by atoms with E-state index in [0.717, 1.165) is 5.69 Å². The first-order valence-electron chi connectivity index (χ1n) is 9.43. The number of rotatable bonds is 5. The van der Waals surface area contributed by atoms with Gasteiger partial charge in [-0.05, 0) is 30.7 Å². The molecule has 0 radical (unpaired) electrons. The van der Waals surface area contributed by atoms with Crippen molar-refractivity contribution in [3.8, 4) is 5.82 Å². The van der Waals surface area contributed by atoms with Crippen molar-refractivity contribution in [1.29, 1.82) is 0 Å². The average molecular weight is 391 g/mol. The lowest BCUT2D eigenvalue weighted by molar-refractivity contribution is -0.120. The molecule has 0 unspecified atom stereocenters. The monoisotopic (exact) mass is 391 g/mol. The lowest BCUT2D eigenvalue weighted by atomic mass is 10.2. The van der Waals surface area contributed by atoms with E-state index in [1.807, 2.05) is 30.0 Å². The molecule has 3 aromatic heterocycles. The molecular weight excluding hydrogens is 370 g/mol. The second kappa shape index (κ2) is 8.09. The summed E-state index contributed by atoms with van der Waals surface area (Å²) in [5, 5.41) is 9.98. The highest BCUT2D eigenvalue weighted by atomic mass is 16.2. The Morgan fingerprint density at radius 2 is 2.07 bits per heavy atom. The highest BCUT2D eigenvalue weighted by Crippen LogP contribution is 2.18. The zero-order valence-corrected chi connectivity index (χ0v) is 16.0. The van der Waals surface area contributed by atoms with Gasteiger partial charge in [0.2, 0.25) is 5.91 Å². The van der Waals surface area contributed by atoms with Crippen LogP contribution in [0.25, 0.3) is 5.82 Å². The average Bonchev–Trinajstić information content (AvgIpc) is 3.19. The third-order valence-electron chi connectivity index (χ3n) is 4.68. The van der Waals surface area contributed by atoms with Crippen LogP contribution in [0.4, 0.5) is 11.5 Å². The molecule has 0 saturated carbocycles. The number of carbonyl (C=O) groups is 2. The van der Waals surface area contributed by atoms with Gasteiger partial charge in [0.15, 0.2) is 5.82 Å². The Labute approximate surface area is 167 Å². The molecule has 148 valence electrons. The van der Waals surface area contributed by atoms with E-state index >= 15 is 0 Å². The number of nitrogens with one attached hydrogen (secondary N) is 2. The molecule has 9 heteroatoms. The number of amides is 2. The van der Waals surface area contributed by atoms with Crippen LogP contribution in [0.1, 0.15) is 23.0 Å². The number of aromatic nitrogens is 4. The molecule has 1 aliphatic heterocycles. The Hall–Kier alpha value is -3.75. The van der Waals surface area contributed by atoms with Crippen LogP contribution in [0.15, 0.2) is 48.9 Å². The zero-order valence-electron chi connectivity index (χ0n) is 16.0. The minimum absolute atomic E-state index is 0.0209.